The molecule has 4 rings (SSSR count). The number of hydrogen-bond donors (Lipinski definition) is 3. The number of hydrogen-bond acceptors (Lipinski definition) is 4. The van der Waals surface area contributed by atoms with Crippen molar-refractivity contribution >= 4 is 17.4 Å². The number of rotatable bonds is 3. The lowest BCUT2D eigenvalue weighted by Crippen LogP contribution is -2.62. The zero-order valence-corrected chi connectivity index (χ0v) is 15.3. The molecule has 1 aliphatic rings. The molecule has 0 radical (unpaired) electrons. The number of aliphatic hydroxyl groups is 2. The SMILES string of the molecule is O=C1NN(C(=O)c2ccccc2)C(O)(c2ccccc2)C(c2ccccc2)=C1O. The highest BCUT2D eigenvalue weighted by Gasteiger charge is 2.51. The predicted molar refractivity (Wildman–Crippen MR) is 107 cm³/mol. The molecule has 1 atom stereocenters. The molecule has 0 aromatic heterocycles. The third-order valence-corrected chi connectivity index (χ3v) is 4.80. The number of nitrogens with one attached hydrogen (secondary N) is 1. The Labute approximate surface area is 167 Å². The van der Waals surface area contributed by atoms with Gasteiger partial charge in [0.2, 0.25) is 5.72 Å². The fourth-order valence-electron chi connectivity index (χ4n) is 3.42. The standard InChI is InChI=1S/C23H18N2O4/c26-20-19(16-10-4-1-5-11-16)23(29,18-14-8-3-9-15-18)25(24-21(20)27)22(28)17-12-6-2-7-13-17/h1-15,26,29H,(H,24,27). The molecular weight excluding hydrogens is 368 g/mol. The van der Waals surface area contributed by atoms with Crippen molar-refractivity contribution in [1.82, 2.24) is 10.4 Å². The first kappa shape index (κ1) is 18.5. The minimum absolute atomic E-state index is 0.0719. The lowest BCUT2D eigenvalue weighted by atomic mass is 9.85. The summed E-state index contributed by atoms with van der Waals surface area (Å²) in [6.07, 6.45) is 0. The molecule has 29 heavy (non-hydrogen) atoms. The highest BCUT2D eigenvalue weighted by atomic mass is 16.3. The number of benzene rings is 3. The van der Waals surface area contributed by atoms with Crippen LogP contribution in [0.3, 0.4) is 0 Å². The summed E-state index contributed by atoms with van der Waals surface area (Å²) in [5.41, 5.74) is 1.14. The first-order chi connectivity index (χ1) is 14.0. The lowest BCUT2D eigenvalue weighted by Gasteiger charge is -2.44. The maximum atomic E-state index is 13.3. The molecule has 0 fully saturated rings. The number of amides is 2. The summed E-state index contributed by atoms with van der Waals surface area (Å²) in [5.74, 6) is -2.15. The van der Waals surface area contributed by atoms with E-state index in [-0.39, 0.29) is 11.1 Å². The number of carbonyl (C=O) groups excluding carboxylic acids is 2. The Morgan fingerprint density at radius 1 is 0.828 bits per heavy atom. The molecule has 6 nitrogen and oxygen atoms in total. The highest BCUT2D eigenvalue weighted by Crippen LogP contribution is 2.42. The van der Waals surface area contributed by atoms with Crippen LogP contribution in [0.4, 0.5) is 0 Å². The summed E-state index contributed by atoms with van der Waals surface area (Å²) in [4.78, 5) is 25.8. The molecule has 1 aliphatic heterocycles. The Bertz CT molecular complexity index is 1080. The van der Waals surface area contributed by atoms with Crippen molar-refractivity contribution in [3.63, 3.8) is 0 Å². The molecule has 2 amide bonds. The monoisotopic (exact) mass is 386 g/mol. The Hall–Kier alpha value is -3.90. The summed E-state index contributed by atoms with van der Waals surface area (Å²) in [5, 5.41) is 23.4. The molecule has 3 aromatic rings. The highest BCUT2D eigenvalue weighted by molar-refractivity contribution is 6.06. The molecule has 3 N–H and O–H groups in total. The number of nitrogens with zero attached hydrogens (tertiary/aromatic N) is 1. The number of aliphatic hydroxyl groups excluding tert-OH is 1. The van der Waals surface area contributed by atoms with Crippen molar-refractivity contribution in [3.8, 4) is 0 Å². The molecule has 0 bridgehead atoms. The molecule has 144 valence electrons. The van der Waals surface area contributed by atoms with E-state index < -0.39 is 23.3 Å². The van der Waals surface area contributed by atoms with Gasteiger partial charge in [0.1, 0.15) is 0 Å². The topological polar surface area (TPSA) is 89.9 Å². The molecule has 3 aromatic carbocycles. The second-order valence-corrected chi connectivity index (χ2v) is 6.58. The van der Waals surface area contributed by atoms with E-state index in [1.807, 2.05) is 0 Å². The normalized spacial score (nSPS) is 19.1. The summed E-state index contributed by atoms with van der Waals surface area (Å²) in [7, 11) is 0. The Kier molecular flexibility index (Phi) is 4.62. The van der Waals surface area contributed by atoms with E-state index in [1.165, 1.54) is 0 Å². The fraction of sp³-hybridized carbons (Fsp3) is 0.0435. The van der Waals surface area contributed by atoms with E-state index in [2.05, 4.69) is 5.43 Å². The maximum Gasteiger partial charge on any atom is 0.305 e. The third kappa shape index (κ3) is 3.05. The minimum atomic E-state index is -2.13. The van der Waals surface area contributed by atoms with Crippen molar-refractivity contribution in [2.75, 3.05) is 0 Å². The van der Waals surface area contributed by atoms with E-state index in [4.69, 9.17) is 0 Å². The lowest BCUT2D eigenvalue weighted by molar-refractivity contribution is -0.138. The summed E-state index contributed by atoms with van der Waals surface area (Å²) in [6.45, 7) is 0. The van der Waals surface area contributed by atoms with Gasteiger partial charge in [-0.1, -0.05) is 78.9 Å². The van der Waals surface area contributed by atoms with Crippen LogP contribution in [0, 0.1) is 0 Å². The van der Waals surface area contributed by atoms with Crippen LogP contribution < -0.4 is 5.43 Å². The molecule has 0 spiro atoms. The van der Waals surface area contributed by atoms with Gasteiger partial charge in [0.25, 0.3) is 5.91 Å². The fourth-order valence-corrected chi connectivity index (χ4v) is 3.42. The van der Waals surface area contributed by atoms with Gasteiger partial charge < -0.3 is 10.2 Å². The van der Waals surface area contributed by atoms with Crippen LogP contribution in [0.1, 0.15) is 21.5 Å². The van der Waals surface area contributed by atoms with Gasteiger partial charge in [-0.05, 0) is 17.7 Å². The van der Waals surface area contributed by atoms with Gasteiger partial charge in [0.15, 0.2) is 5.76 Å². The second kappa shape index (κ2) is 7.26. The first-order valence-electron chi connectivity index (χ1n) is 9.01. The molecule has 0 aliphatic carbocycles. The summed E-state index contributed by atoms with van der Waals surface area (Å²) < 4.78 is 0. The quantitative estimate of drug-likeness (QED) is 0.646. The summed E-state index contributed by atoms with van der Waals surface area (Å²) in [6, 6.07) is 25.2. The van der Waals surface area contributed by atoms with Crippen molar-refractivity contribution in [3.05, 3.63) is 113 Å². The zero-order chi connectivity index (χ0) is 20.4. The molecule has 0 saturated heterocycles. The third-order valence-electron chi connectivity index (χ3n) is 4.80. The van der Waals surface area contributed by atoms with E-state index in [0.29, 0.717) is 11.1 Å². The van der Waals surface area contributed by atoms with Crippen LogP contribution in [0.15, 0.2) is 96.8 Å². The van der Waals surface area contributed by atoms with Crippen LogP contribution in [-0.2, 0) is 10.5 Å². The van der Waals surface area contributed by atoms with Crippen LogP contribution in [0.25, 0.3) is 5.57 Å². The van der Waals surface area contributed by atoms with Crippen LogP contribution in [-0.4, -0.2) is 27.0 Å². The van der Waals surface area contributed by atoms with Crippen LogP contribution >= 0.6 is 0 Å². The first-order valence-corrected chi connectivity index (χ1v) is 9.01. The average Bonchev–Trinajstić information content (AvgIpc) is 2.78. The van der Waals surface area contributed by atoms with E-state index in [9.17, 15) is 19.8 Å². The molecule has 1 heterocycles. The molecule has 0 saturated carbocycles. The van der Waals surface area contributed by atoms with Gasteiger partial charge >= 0.3 is 5.91 Å². The molecule has 1 unspecified atom stereocenters. The van der Waals surface area contributed by atoms with Crippen molar-refractivity contribution in [2.45, 2.75) is 5.72 Å². The molecular formula is C23H18N2O4. The predicted octanol–water partition coefficient (Wildman–Crippen LogP) is 2.99. The van der Waals surface area contributed by atoms with Gasteiger partial charge in [-0.15, -0.1) is 0 Å². The Morgan fingerprint density at radius 3 is 1.93 bits per heavy atom. The van der Waals surface area contributed by atoms with Gasteiger partial charge in [-0.3, -0.25) is 15.0 Å². The van der Waals surface area contributed by atoms with Crippen LogP contribution in [0.2, 0.25) is 0 Å². The summed E-state index contributed by atoms with van der Waals surface area (Å²) >= 11 is 0. The van der Waals surface area contributed by atoms with E-state index >= 15 is 0 Å². The minimum Gasteiger partial charge on any atom is -0.503 e. The van der Waals surface area contributed by atoms with Crippen molar-refractivity contribution in [2.24, 2.45) is 0 Å². The maximum absolute atomic E-state index is 13.3. The Morgan fingerprint density at radius 2 is 1.34 bits per heavy atom. The van der Waals surface area contributed by atoms with E-state index in [0.717, 1.165) is 5.01 Å². The average molecular weight is 386 g/mol. The number of carbonyl (C=O) groups is 2. The number of hydrazine groups is 1. The largest absolute Gasteiger partial charge is 0.503 e. The van der Waals surface area contributed by atoms with Gasteiger partial charge in [0, 0.05) is 11.1 Å². The van der Waals surface area contributed by atoms with Gasteiger partial charge in [-0.25, -0.2) is 5.01 Å². The Balaban J connectivity index is 1.97. The van der Waals surface area contributed by atoms with Gasteiger partial charge in [-0.2, -0.15) is 0 Å². The zero-order valence-electron chi connectivity index (χ0n) is 15.3. The van der Waals surface area contributed by atoms with Crippen molar-refractivity contribution < 1.29 is 19.8 Å². The second-order valence-electron chi connectivity index (χ2n) is 6.58. The van der Waals surface area contributed by atoms with Crippen molar-refractivity contribution in [1.29, 1.82) is 0 Å². The smallest absolute Gasteiger partial charge is 0.305 e. The van der Waals surface area contributed by atoms with Crippen LogP contribution in [0.5, 0.6) is 0 Å². The van der Waals surface area contributed by atoms with E-state index in [1.54, 1.807) is 91.0 Å². The van der Waals surface area contributed by atoms with Gasteiger partial charge in [0.05, 0.1) is 5.57 Å². The molecule has 6 heteroatoms.